The quantitative estimate of drug-likeness (QED) is 0.572. The molecule has 2 rings (SSSR count). The van der Waals surface area contributed by atoms with Crippen molar-refractivity contribution in [1.82, 2.24) is 4.90 Å². The van der Waals surface area contributed by atoms with Crippen molar-refractivity contribution in [2.24, 2.45) is 0 Å². The number of thiophene rings is 1. The Labute approximate surface area is 123 Å². The van der Waals surface area contributed by atoms with Gasteiger partial charge in [-0.1, -0.05) is 34.1 Å². The summed E-state index contributed by atoms with van der Waals surface area (Å²) in [5.41, 5.74) is 1.06. The fraction of sp³-hybridized carbons (Fsp3) is 0.154. The number of nitrogens with zero attached hydrogens (tertiary/aromatic N) is 1. The van der Waals surface area contributed by atoms with Crippen LogP contribution in [0.5, 0.6) is 0 Å². The third-order valence-corrected chi connectivity index (χ3v) is 4.09. The average Bonchev–Trinajstić information content (AvgIpc) is 2.84. The molecule has 1 heterocycles. The third-order valence-electron chi connectivity index (χ3n) is 2.46. The zero-order valence-corrected chi connectivity index (χ0v) is 12.6. The van der Waals surface area contributed by atoms with Crippen LogP contribution < -0.4 is 0 Å². The van der Waals surface area contributed by atoms with E-state index in [-0.39, 0.29) is 0 Å². The van der Waals surface area contributed by atoms with Gasteiger partial charge < -0.3 is 4.90 Å². The number of hydrogen-bond donors (Lipinski definition) is 0. The number of halogens is 2. The lowest BCUT2D eigenvalue weighted by Crippen LogP contribution is -2.24. The van der Waals surface area contributed by atoms with Crippen molar-refractivity contribution in [3.63, 3.8) is 0 Å². The van der Waals surface area contributed by atoms with E-state index >= 15 is 0 Å². The number of carbonyl (C=O) groups is 1. The largest absolute Gasteiger partial charge is 0.320 e. The molecule has 1 aromatic heterocycles. The van der Waals surface area contributed by atoms with Crippen LogP contribution in [0.4, 0.5) is 4.79 Å². The fourth-order valence-corrected chi connectivity index (χ4v) is 2.68. The molecule has 0 radical (unpaired) electrons. The SMILES string of the molecule is O=C(Cl)N(Cc1ccc(Br)cc1)Cc1cccs1. The van der Waals surface area contributed by atoms with E-state index in [4.69, 9.17) is 11.6 Å². The second-order valence-electron chi connectivity index (χ2n) is 3.81. The lowest BCUT2D eigenvalue weighted by molar-refractivity contribution is 0.217. The molecule has 5 heteroatoms. The van der Waals surface area contributed by atoms with Crippen molar-refractivity contribution in [2.75, 3.05) is 0 Å². The standard InChI is InChI=1S/C13H11BrClNOS/c14-11-5-3-10(4-6-11)8-16(13(15)17)9-12-2-1-7-18-12/h1-7H,8-9H2. The molecule has 2 nitrogen and oxygen atoms in total. The fourth-order valence-electron chi connectivity index (χ4n) is 1.58. The van der Waals surface area contributed by atoms with Crippen LogP contribution in [0.3, 0.4) is 0 Å². The molecular weight excluding hydrogens is 334 g/mol. The summed E-state index contributed by atoms with van der Waals surface area (Å²) in [5.74, 6) is 0. The molecule has 0 aliphatic heterocycles. The van der Waals surface area contributed by atoms with Gasteiger partial charge in [0.1, 0.15) is 0 Å². The Kier molecular flexibility index (Phi) is 4.80. The van der Waals surface area contributed by atoms with E-state index < -0.39 is 5.37 Å². The number of benzene rings is 1. The van der Waals surface area contributed by atoms with Gasteiger partial charge in [0.05, 0.1) is 6.54 Å². The van der Waals surface area contributed by atoms with E-state index in [1.807, 2.05) is 41.8 Å². The van der Waals surface area contributed by atoms with Crippen LogP contribution in [-0.2, 0) is 13.1 Å². The van der Waals surface area contributed by atoms with E-state index in [1.54, 1.807) is 16.2 Å². The van der Waals surface area contributed by atoms with Gasteiger partial charge in [0, 0.05) is 15.9 Å². The Balaban J connectivity index is 2.06. The summed E-state index contributed by atoms with van der Waals surface area (Å²) in [4.78, 5) is 14.2. The summed E-state index contributed by atoms with van der Waals surface area (Å²) >= 11 is 10.6. The van der Waals surface area contributed by atoms with Gasteiger partial charge in [-0.3, -0.25) is 4.79 Å². The zero-order chi connectivity index (χ0) is 13.0. The molecule has 0 saturated carbocycles. The Hall–Kier alpha value is -0.840. The van der Waals surface area contributed by atoms with Gasteiger partial charge in [-0.05, 0) is 40.7 Å². The maximum absolute atomic E-state index is 11.4. The first kappa shape index (κ1) is 13.6. The van der Waals surface area contributed by atoms with Crippen LogP contribution in [0.1, 0.15) is 10.4 Å². The Morgan fingerprint density at radius 1 is 1.22 bits per heavy atom. The predicted octanol–water partition coefficient (Wildman–Crippen LogP) is 4.87. The van der Waals surface area contributed by atoms with E-state index in [0.29, 0.717) is 13.1 Å². The molecule has 0 unspecified atom stereocenters. The summed E-state index contributed by atoms with van der Waals surface area (Å²) in [7, 11) is 0. The Morgan fingerprint density at radius 2 is 1.94 bits per heavy atom. The van der Waals surface area contributed by atoms with Crippen molar-refractivity contribution >= 4 is 44.2 Å². The Morgan fingerprint density at radius 3 is 2.50 bits per heavy atom. The monoisotopic (exact) mass is 343 g/mol. The smallest absolute Gasteiger partial charge is 0.317 e. The molecule has 0 aliphatic carbocycles. The molecule has 0 fully saturated rings. The maximum Gasteiger partial charge on any atom is 0.317 e. The van der Waals surface area contributed by atoms with Crippen molar-refractivity contribution in [1.29, 1.82) is 0 Å². The minimum Gasteiger partial charge on any atom is -0.320 e. The van der Waals surface area contributed by atoms with Crippen LogP contribution in [0.15, 0.2) is 46.3 Å². The molecule has 0 bridgehead atoms. The van der Waals surface area contributed by atoms with Crippen molar-refractivity contribution in [3.8, 4) is 0 Å². The molecule has 0 aliphatic rings. The van der Waals surface area contributed by atoms with E-state index in [9.17, 15) is 4.79 Å². The van der Waals surface area contributed by atoms with E-state index in [1.165, 1.54) is 0 Å². The molecule has 18 heavy (non-hydrogen) atoms. The molecule has 0 saturated heterocycles. The molecule has 1 aromatic carbocycles. The van der Waals surface area contributed by atoms with E-state index in [0.717, 1.165) is 14.9 Å². The number of carbonyl (C=O) groups excluding carboxylic acids is 1. The molecule has 1 amide bonds. The predicted molar refractivity (Wildman–Crippen MR) is 79.0 cm³/mol. The van der Waals surface area contributed by atoms with Crippen LogP contribution in [0.25, 0.3) is 0 Å². The summed E-state index contributed by atoms with van der Waals surface area (Å²) < 4.78 is 1.02. The van der Waals surface area contributed by atoms with Crippen molar-refractivity contribution in [2.45, 2.75) is 13.1 Å². The average molecular weight is 345 g/mol. The van der Waals surface area contributed by atoms with Gasteiger partial charge >= 0.3 is 5.37 Å². The minimum absolute atomic E-state index is 0.425. The van der Waals surface area contributed by atoms with Gasteiger partial charge in [0.15, 0.2) is 0 Å². The van der Waals surface area contributed by atoms with Crippen molar-refractivity contribution in [3.05, 3.63) is 56.7 Å². The van der Waals surface area contributed by atoms with Crippen LogP contribution in [0, 0.1) is 0 Å². The molecular formula is C13H11BrClNOS. The second-order valence-corrected chi connectivity index (χ2v) is 6.09. The minimum atomic E-state index is -0.425. The second kappa shape index (κ2) is 6.36. The van der Waals surface area contributed by atoms with Gasteiger partial charge in [-0.15, -0.1) is 11.3 Å². The molecule has 0 N–H and O–H groups in total. The van der Waals surface area contributed by atoms with Gasteiger partial charge in [-0.2, -0.15) is 0 Å². The molecule has 0 atom stereocenters. The summed E-state index contributed by atoms with van der Waals surface area (Å²) in [5, 5.41) is 1.57. The van der Waals surface area contributed by atoms with Crippen molar-refractivity contribution < 1.29 is 4.79 Å². The lowest BCUT2D eigenvalue weighted by atomic mass is 10.2. The lowest BCUT2D eigenvalue weighted by Gasteiger charge is -2.19. The van der Waals surface area contributed by atoms with Crippen LogP contribution in [0.2, 0.25) is 0 Å². The third kappa shape index (κ3) is 3.83. The first-order valence-electron chi connectivity index (χ1n) is 5.36. The van der Waals surface area contributed by atoms with Gasteiger partial charge in [0.2, 0.25) is 0 Å². The number of rotatable bonds is 4. The zero-order valence-electron chi connectivity index (χ0n) is 9.48. The first-order chi connectivity index (χ1) is 8.65. The van der Waals surface area contributed by atoms with Crippen LogP contribution >= 0.6 is 38.9 Å². The topological polar surface area (TPSA) is 20.3 Å². The highest BCUT2D eigenvalue weighted by atomic mass is 79.9. The Bertz CT molecular complexity index is 512. The normalized spacial score (nSPS) is 10.3. The summed E-state index contributed by atoms with van der Waals surface area (Å²) in [6.45, 7) is 1.07. The number of hydrogen-bond acceptors (Lipinski definition) is 2. The number of amides is 1. The van der Waals surface area contributed by atoms with Gasteiger partial charge in [-0.25, -0.2) is 0 Å². The molecule has 2 aromatic rings. The summed E-state index contributed by atoms with van der Waals surface area (Å²) in [6.07, 6.45) is 0. The van der Waals surface area contributed by atoms with Gasteiger partial charge in [0.25, 0.3) is 0 Å². The van der Waals surface area contributed by atoms with E-state index in [2.05, 4.69) is 15.9 Å². The highest BCUT2D eigenvalue weighted by molar-refractivity contribution is 9.10. The highest BCUT2D eigenvalue weighted by Gasteiger charge is 2.12. The summed E-state index contributed by atoms with van der Waals surface area (Å²) in [6, 6.07) is 11.8. The van der Waals surface area contributed by atoms with Crippen LogP contribution in [-0.4, -0.2) is 10.3 Å². The maximum atomic E-state index is 11.4. The first-order valence-corrected chi connectivity index (χ1v) is 7.41. The molecule has 94 valence electrons. The molecule has 0 spiro atoms. The highest BCUT2D eigenvalue weighted by Crippen LogP contribution is 2.17.